The van der Waals surface area contributed by atoms with Crippen LogP contribution >= 0.6 is 0 Å². The van der Waals surface area contributed by atoms with Crippen LogP contribution < -0.4 is 11.1 Å². The second-order valence-electron chi connectivity index (χ2n) is 5.02. The van der Waals surface area contributed by atoms with Crippen LogP contribution in [-0.2, 0) is 6.54 Å². The van der Waals surface area contributed by atoms with Gasteiger partial charge in [-0.3, -0.25) is 9.48 Å². The molecular formula is C14H22N4O. The maximum Gasteiger partial charge on any atom is 0.271 e. The van der Waals surface area contributed by atoms with Crippen molar-refractivity contribution in [3.05, 3.63) is 23.5 Å². The highest BCUT2D eigenvalue weighted by molar-refractivity contribution is 5.97. The number of carbonyl (C=O) groups excluding carboxylic acids is 1. The van der Waals surface area contributed by atoms with Crippen LogP contribution in [-0.4, -0.2) is 22.2 Å². The van der Waals surface area contributed by atoms with Crippen LogP contribution in [0.1, 0.15) is 42.4 Å². The fraction of sp³-hybridized carbons (Fsp3) is 0.571. The van der Waals surface area contributed by atoms with Gasteiger partial charge in [-0.1, -0.05) is 12.2 Å². The lowest BCUT2D eigenvalue weighted by Gasteiger charge is -2.18. The molecule has 1 atom stereocenters. The van der Waals surface area contributed by atoms with Crippen LogP contribution in [0.25, 0.3) is 0 Å². The standard InChI is InChI=1S/C14H22N4O/c1-3-18-13(12(15)10(2)17-18)14(19)16-9-11-7-5-4-6-8-11/h4-5,11H,3,6-9,15H2,1-2H3,(H,16,19). The Morgan fingerprint density at radius 3 is 3.00 bits per heavy atom. The predicted octanol–water partition coefficient (Wildman–Crippen LogP) is 1.88. The van der Waals surface area contributed by atoms with Gasteiger partial charge in [0, 0.05) is 13.1 Å². The number of anilines is 1. The fourth-order valence-electron chi connectivity index (χ4n) is 2.43. The SMILES string of the molecule is CCn1nc(C)c(N)c1C(=O)NCC1CC=CCC1. The number of aromatic nitrogens is 2. The van der Waals surface area contributed by atoms with Crippen molar-refractivity contribution in [2.75, 3.05) is 12.3 Å². The smallest absolute Gasteiger partial charge is 0.271 e. The molecule has 0 bridgehead atoms. The maximum atomic E-state index is 12.2. The number of nitrogens with one attached hydrogen (secondary N) is 1. The van der Waals surface area contributed by atoms with Crippen molar-refractivity contribution in [3.8, 4) is 0 Å². The summed E-state index contributed by atoms with van der Waals surface area (Å²) >= 11 is 0. The monoisotopic (exact) mass is 262 g/mol. The summed E-state index contributed by atoms with van der Waals surface area (Å²) < 4.78 is 1.67. The van der Waals surface area contributed by atoms with E-state index in [0.29, 0.717) is 36.1 Å². The third-order valence-electron chi connectivity index (χ3n) is 3.62. The number of rotatable bonds is 4. The molecule has 19 heavy (non-hydrogen) atoms. The third-order valence-corrected chi connectivity index (χ3v) is 3.62. The van der Waals surface area contributed by atoms with Crippen LogP contribution in [0.5, 0.6) is 0 Å². The normalized spacial score (nSPS) is 18.5. The molecule has 1 aliphatic rings. The lowest BCUT2D eigenvalue weighted by atomic mass is 9.94. The van der Waals surface area contributed by atoms with E-state index in [-0.39, 0.29) is 5.91 Å². The van der Waals surface area contributed by atoms with Crippen molar-refractivity contribution < 1.29 is 4.79 Å². The van der Waals surface area contributed by atoms with Gasteiger partial charge in [0.15, 0.2) is 0 Å². The summed E-state index contributed by atoms with van der Waals surface area (Å²) in [5, 5.41) is 7.25. The minimum atomic E-state index is -0.116. The van der Waals surface area contributed by atoms with Crippen molar-refractivity contribution in [2.45, 2.75) is 39.7 Å². The zero-order valence-corrected chi connectivity index (χ0v) is 11.6. The van der Waals surface area contributed by atoms with E-state index in [1.165, 1.54) is 0 Å². The summed E-state index contributed by atoms with van der Waals surface area (Å²) in [6.45, 7) is 5.13. The van der Waals surface area contributed by atoms with E-state index in [9.17, 15) is 4.79 Å². The molecule has 0 aromatic carbocycles. The van der Waals surface area contributed by atoms with Crippen molar-refractivity contribution in [1.82, 2.24) is 15.1 Å². The molecule has 1 aliphatic carbocycles. The number of hydrogen-bond donors (Lipinski definition) is 2. The highest BCUT2D eigenvalue weighted by atomic mass is 16.2. The molecule has 0 spiro atoms. The second kappa shape index (κ2) is 5.91. The molecule has 0 saturated heterocycles. The summed E-state index contributed by atoms with van der Waals surface area (Å²) in [5.41, 5.74) is 7.63. The molecule has 0 saturated carbocycles. The van der Waals surface area contributed by atoms with Gasteiger partial charge in [-0.15, -0.1) is 0 Å². The average molecular weight is 262 g/mol. The van der Waals surface area contributed by atoms with Crippen LogP contribution in [0.4, 0.5) is 5.69 Å². The Kier molecular flexibility index (Phi) is 4.24. The minimum absolute atomic E-state index is 0.116. The molecule has 0 fully saturated rings. The lowest BCUT2D eigenvalue weighted by molar-refractivity contribution is 0.0936. The molecule has 2 rings (SSSR count). The van der Waals surface area contributed by atoms with Gasteiger partial charge < -0.3 is 11.1 Å². The predicted molar refractivity (Wildman–Crippen MR) is 75.9 cm³/mol. The largest absolute Gasteiger partial charge is 0.395 e. The molecule has 1 amide bonds. The molecule has 5 nitrogen and oxygen atoms in total. The Labute approximate surface area is 113 Å². The molecule has 0 aliphatic heterocycles. The summed E-state index contributed by atoms with van der Waals surface area (Å²) in [4.78, 5) is 12.2. The molecule has 0 radical (unpaired) electrons. The van der Waals surface area contributed by atoms with Gasteiger partial charge in [-0.25, -0.2) is 0 Å². The molecule has 104 valence electrons. The first kappa shape index (κ1) is 13.6. The maximum absolute atomic E-state index is 12.2. The van der Waals surface area contributed by atoms with E-state index in [1.807, 2.05) is 13.8 Å². The van der Waals surface area contributed by atoms with E-state index in [4.69, 9.17) is 5.73 Å². The first-order valence-electron chi connectivity index (χ1n) is 6.89. The summed E-state index contributed by atoms with van der Waals surface area (Å²) in [5.74, 6) is 0.420. The van der Waals surface area contributed by atoms with Gasteiger partial charge in [0.25, 0.3) is 5.91 Å². The number of nitrogens with zero attached hydrogens (tertiary/aromatic N) is 2. The zero-order chi connectivity index (χ0) is 13.8. The summed E-state index contributed by atoms with van der Waals surface area (Å²) in [7, 11) is 0. The third kappa shape index (κ3) is 2.97. The summed E-state index contributed by atoms with van der Waals surface area (Å²) in [6.07, 6.45) is 7.68. The number of nitrogens with two attached hydrogens (primary N) is 1. The van der Waals surface area contributed by atoms with Crippen LogP contribution in [0.3, 0.4) is 0 Å². The minimum Gasteiger partial charge on any atom is -0.395 e. The molecule has 1 unspecified atom stereocenters. The van der Waals surface area contributed by atoms with Crippen LogP contribution in [0, 0.1) is 12.8 Å². The van der Waals surface area contributed by atoms with E-state index in [1.54, 1.807) is 4.68 Å². The number of nitrogen functional groups attached to an aromatic ring is 1. The van der Waals surface area contributed by atoms with Crippen molar-refractivity contribution in [3.63, 3.8) is 0 Å². The van der Waals surface area contributed by atoms with E-state index in [0.717, 1.165) is 19.3 Å². The number of aryl methyl sites for hydroxylation is 2. The van der Waals surface area contributed by atoms with Gasteiger partial charge >= 0.3 is 0 Å². The average Bonchev–Trinajstić information content (AvgIpc) is 2.73. The number of amides is 1. The van der Waals surface area contributed by atoms with Gasteiger partial charge in [-0.2, -0.15) is 5.10 Å². The first-order valence-corrected chi connectivity index (χ1v) is 6.89. The zero-order valence-electron chi connectivity index (χ0n) is 11.6. The highest BCUT2D eigenvalue weighted by Crippen LogP contribution is 2.19. The Bertz CT molecular complexity index is 490. The van der Waals surface area contributed by atoms with E-state index in [2.05, 4.69) is 22.6 Å². The Morgan fingerprint density at radius 2 is 2.37 bits per heavy atom. The molecule has 1 aromatic rings. The molecule has 5 heteroatoms. The Balaban J connectivity index is 2.01. The second-order valence-corrected chi connectivity index (χ2v) is 5.02. The van der Waals surface area contributed by atoms with Crippen molar-refractivity contribution in [1.29, 1.82) is 0 Å². The Morgan fingerprint density at radius 1 is 1.58 bits per heavy atom. The van der Waals surface area contributed by atoms with Crippen LogP contribution in [0.2, 0.25) is 0 Å². The molecule has 1 aromatic heterocycles. The lowest BCUT2D eigenvalue weighted by Crippen LogP contribution is -2.31. The molecular weight excluding hydrogens is 240 g/mol. The quantitative estimate of drug-likeness (QED) is 0.814. The molecule has 3 N–H and O–H groups in total. The summed E-state index contributed by atoms with van der Waals surface area (Å²) in [6, 6.07) is 0. The van der Waals surface area contributed by atoms with Gasteiger partial charge in [-0.05, 0) is 39.0 Å². The first-order chi connectivity index (χ1) is 9.13. The van der Waals surface area contributed by atoms with E-state index >= 15 is 0 Å². The Hall–Kier alpha value is -1.78. The topological polar surface area (TPSA) is 72.9 Å². The van der Waals surface area contributed by atoms with Gasteiger partial charge in [0.1, 0.15) is 5.69 Å². The van der Waals surface area contributed by atoms with Gasteiger partial charge in [0.2, 0.25) is 0 Å². The highest BCUT2D eigenvalue weighted by Gasteiger charge is 2.20. The fourth-order valence-corrected chi connectivity index (χ4v) is 2.43. The van der Waals surface area contributed by atoms with Crippen LogP contribution in [0.15, 0.2) is 12.2 Å². The number of carbonyl (C=O) groups is 1. The van der Waals surface area contributed by atoms with E-state index < -0.39 is 0 Å². The molecule has 1 heterocycles. The number of hydrogen-bond acceptors (Lipinski definition) is 3. The van der Waals surface area contributed by atoms with Crippen molar-refractivity contribution >= 4 is 11.6 Å². The van der Waals surface area contributed by atoms with Gasteiger partial charge in [0.05, 0.1) is 11.4 Å². The number of allylic oxidation sites excluding steroid dienone is 2. The van der Waals surface area contributed by atoms with Crippen molar-refractivity contribution in [2.24, 2.45) is 5.92 Å².